The van der Waals surface area contributed by atoms with Gasteiger partial charge in [-0.2, -0.15) is 0 Å². The third-order valence-electron chi connectivity index (χ3n) is 3.16. The van der Waals surface area contributed by atoms with Crippen molar-refractivity contribution in [3.63, 3.8) is 0 Å². The van der Waals surface area contributed by atoms with E-state index in [0.29, 0.717) is 5.82 Å². The first-order valence-electron chi connectivity index (χ1n) is 6.80. The monoisotopic (exact) mass is 284 g/mol. The second kappa shape index (κ2) is 6.85. The second-order valence-electron chi connectivity index (χ2n) is 5.07. The van der Waals surface area contributed by atoms with Crippen molar-refractivity contribution in [3.05, 3.63) is 54.2 Å². The van der Waals surface area contributed by atoms with E-state index in [1.165, 1.54) is 0 Å². The summed E-state index contributed by atoms with van der Waals surface area (Å²) in [7, 11) is 3.88. The molecule has 0 aliphatic heterocycles. The number of aromatic nitrogens is 1. The van der Waals surface area contributed by atoms with Crippen LogP contribution in [0.3, 0.4) is 0 Å². The highest BCUT2D eigenvalue weighted by atomic mass is 16.1. The molecular weight excluding hydrogens is 264 g/mol. The van der Waals surface area contributed by atoms with Crippen LogP contribution >= 0.6 is 0 Å². The molecule has 1 aromatic heterocycles. The molecule has 0 saturated heterocycles. The van der Waals surface area contributed by atoms with Crippen LogP contribution < -0.4 is 16.0 Å². The van der Waals surface area contributed by atoms with Gasteiger partial charge in [0.05, 0.1) is 11.9 Å². The average Bonchev–Trinajstić information content (AvgIpc) is 2.48. The van der Waals surface area contributed by atoms with Gasteiger partial charge in [0, 0.05) is 26.6 Å². The minimum absolute atomic E-state index is 0.142. The summed E-state index contributed by atoms with van der Waals surface area (Å²) in [4.78, 5) is 18.1. The molecule has 0 fully saturated rings. The fourth-order valence-corrected chi connectivity index (χ4v) is 1.94. The number of hydrogen-bond donors (Lipinski definition) is 2. The zero-order valence-electron chi connectivity index (χ0n) is 12.3. The molecule has 2 rings (SSSR count). The zero-order chi connectivity index (χ0) is 15.2. The predicted molar refractivity (Wildman–Crippen MR) is 85.2 cm³/mol. The van der Waals surface area contributed by atoms with E-state index in [1.54, 1.807) is 12.3 Å². The van der Waals surface area contributed by atoms with Crippen molar-refractivity contribution in [3.8, 4) is 0 Å². The molecule has 0 aliphatic rings. The van der Waals surface area contributed by atoms with Gasteiger partial charge in [-0.25, -0.2) is 4.98 Å². The Morgan fingerprint density at radius 3 is 2.52 bits per heavy atom. The molecule has 5 heteroatoms. The number of nitrogens with one attached hydrogen (secondary N) is 1. The fourth-order valence-electron chi connectivity index (χ4n) is 1.94. The summed E-state index contributed by atoms with van der Waals surface area (Å²) in [5, 5.41) is 2.76. The van der Waals surface area contributed by atoms with E-state index in [-0.39, 0.29) is 18.4 Å². The van der Waals surface area contributed by atoms with Gasteiger partial charge in [0.15, 0.2) is 0 Å². The molecule has 0 saturated carbocycles. The molecule has 1 unspecified atom stereocenters. The number of amides is 1. The van der Waals surface area contributed by atoms with E-state index >= 15 is 0 Å². The molecule has 110 valence electrons. The van der Waals surface area contributed by atoms with Gasteiger partial charge in [-0.1, -0.05) is 30.3 Å². The van der Waals surface area contributed by atoms with Crippen LogP contribution in [0.2, 0.25) is 0 Å². The molecule has 0 spiro atoms. The van der Waals surface area contributed by atoms with Gasteiger partial charge in [-0.3, -0.25) is 4.79 Å². The van der Waals surface area contributed by atoms with Crippen LogP contribution in [0.15, 0.2) is 48.7 Å². The second-order valence-corrected chi connectivity index (χ2v) is 5.07. The number of carbonyl (C=O) groups excluding carboxylic acids is 1. The molecule has 0 aliphatic carbocycles. The zero-order valence-corrected chi connectivity index (χ0v) is 12.3. The number of hydrogen-bond acceptors (Lipinski definition) is 4. The molecule has 2 aromatic rings. The Hall–Kier alpha value is -2.40. The van der Waals surface area contributed by atoms with E-state index < -0.39 is 0 Å². The minimum Gasteiger partial charge on any atom is -0.376 e. The standard InChI is InChI=1S/C16H20N4O/c1-20(2)13-8-9-15(18-11-13)19-16(21)10-14(17)12-6-4-3-5-7-12/h3-9,11,14H,10,17H2,1-2H3,(H,18,19,21). The summed E-state index contributed by atoms with van der Waals surface area (Å²) >= 11 is 0. The lowest BCUT2D eigenvalue weighted by Gasteiger charge is -2.13. The number of nitrogens with zero attached hydrogens (tertiary/aromatic N) is 2. The predicted octanol–water partition coefficient (Wildman–Crippen LogP) is 2.18. The van der Waals surface area contributed by atoms with Crippen molar-refractivity contribution in [1.29, 1.82) is 0 Å². The lowest BCUT2D eigenvalue weighted by atomic mass is 10.0. The molecule has 1 heterocycles. The Morgan fingerprint density at radius 2 is 1.95 bits per heavy atom. The highest BCUT2D eigenvalue weighted by molar-refractivity contribution is 5.90. The smallest absolute Gasteiger partial charge is 0.227 e. The lowest BCUT2D eigenvalue weighted by molar-refractivity contribution is -0.116. The van der Waals surface area contributed by atoms with Gasteiger partial charge in [0.25, 0.3) is 0 Å². The Kier molecular flexibility index (Phi) is 4.90. The number of benzene rings is 1. The average molecular weight is 284 g/mol. The Balaban J connectivity index is 1.92. The van der Waals surface area contributed by atoms with E-state index in [4.69, 9.17) is 5.73 Å². The Labute approximate surface area is 124 Å². The van der Waals surface area contributed by atoms with Gasteiger partial charge in [-0.05, 0) is 17.7 Å². The van der Waals surface area contributed by atoms with Crippen molar-refractivity contribution in [2.45, 2.75) is 12.5 Å². The number of rotatable bonds is 5. The summed E-state index contributed by atoms with van der Waals surface area (Å²) in [6, 6.07) is 13.0. The first-order valence-corrected chi connectivity index (χ1v) is 6.80. The van der Waals surface area contributed by atoms with Gasteiger partial charge in [0.1, 0.15) is 5.82 Å². The SMILES string of the molecule is CN(C)c1ccc(NC(=O)CC(N)c2ccccc2)nc1. The largest absolute Gasteiger partial charge is 0.376 e. The van der Waals surface area contributed by atoms with Gasteiger partial charge >= 0.3 is 0 Å². The van der Waals surface area contributed by atoms with Gasteiger partial charge in [0.2, 0.25) is 5.91 Å². The van der Waals surface area contributed by atoms with Crippen molar-refractivity contribution in [1.82, 2.24) is 4.98 Å². The van der Waals surface area contributed by atoms with Crippen LogP contribution in [-0.4, -0.2) is 25.0 Å². The molecule has 0 radical (unpaired) electrons. The van der Waals surface area contributed by atoms with Crippen molar-refractivity contribution in [2.75, 3.05) is 24.3 Å². The molecule has 1 atom stereocenters. The van der Waals surface area contributed by atoms with Gasteiger partial charge < -0.3 is 16.0 Å². The normalized spacial score (nSPS) is 11.8. The lowest BCUT2D eigenvalue weighted by Crippen LogP contribution is -2.21. The van der Waals surface area contributed by atoms with Crippen molar-refractivity contribution >= 4 is 17.4 Å². The van der Waals surface area contributed by atoms with E-state index in [9.17, 15) is 4.79 Å². The van der Waals surface area contributed by atoms with Crippen LogP contribution in [0.4, 0.5) is 11.5 Å². The Morgan fingerprint density at radius 1 is 1.24 bits per heavy atom. The molecule has 1 aromatic carbocycles. The molecule has 21 heavy (non-hydrogen) atoms. The third-order valence-corrected chi connectivity index (χ3v) is 3.16. The van der Waals surface area contributed by atoms with Crippen LogP contribution in [-0.2, 0) is 4.79 Å². The number of anilines is 2. The van der Waals surface area contributed by atoms with Crippen LogP contribution in [0.25, 0.3) is 0 Å². The summed E-state index contributed by atoms with van der Waals surface area (Å²) in [5.41, 5.74) is 7.95. The summed E-state index contributed by atoms with van der Waals surface area (Å²) < 4.78 is 0. The van der Waals surface area contributed by atoms with E-state index in [0.717, 1.165) is 11.3 Å². The molecular formula is C16H20N4O. The fraction of sp³-hybridized carbons (Fsp3) is 0.250. The van der Waals surface area contributed by atoms with Crippen LogP contribution in [0.5, 0.6) is 0 Å². The number of nitrogens with two attached hydrogens (primary N) is 1. The van der Waals surface area contributed by atoms with Gasteiger partial charge in [-0.15, -0.1) is 0 Å². The summed E-state index contributed by atoms with van der Waals surface area (Å²) in [6.45, 7) is 0. The van der Waals surface area contributed by atoms with Crippen LogP contribution in [0, 0.1) is 0 Å². The summed E-state index contributed by atoms with van der Waals surface area (Å²) in [6.07, 6.45) is 1.94. The number of pyridine rings is 1. The molecule has 3 N–H and O–H groups in total. The van der Waals surface area contributed by atoms with Crippen molar-refractivity contribution in [2.24, 2.45) is 5.73 Å². The molecule has 0 bridgehead atoms. The molecule has 5 nitrogen and oxygen atoms in total. The Bertz CT molecular complexity index is 581. The highest BCUT2D eigenvalue weighted by Crippen LogP contribution is 2.15. The molecule has 1 amide bonds. The maximum Gasteiger partial charge on any atom is 0.227 e. The first-order chi connectivity index (χ1) is 10.1. The first kappa shape index (κ1) is 15.0. The third kappa shape index (κ3) is 4.29. The van der Waals surface area contributed by atoms with E-state index in [2.05, 4.69) is 10.3 Å². The highest BCUT2D eigenvalue weighted by Gasteiger charge is 2.12. The maximum absolute atomic E-state index is 12.0. The van der Waals surface area contributed by atoms with Crippen molar-refractivity contribution < 1.29 is 4.79 Å². The quantitative estimate of drug-likeness (QED) is 0.882. The minimum atomic E-state index is -0.313. The summed E-state index contributed by atoms with van der Waals surface area (Å²) in [5.74, 6) is 0.391. The number of carbonyl (C=O) groups is 1. The van der Waals surface area contributed by atoms with E-state index in [1.807, 2.05) is 55.4 Å². The van der Waals surface area contributed by atoms with Crippen LogP contribution in [0.1, 0.15) is 18.0 Å². The maximum atomic E-state index is 12.0. The topological polar surface area (TPSA) is 71.2 Å².